The summed E-state index contributed by atoms with van der Waals surface area (Å²) in [6, 6.07) is 0. The maximum Gasteiger partial charge on any atom is 0.0737 e. The summed E-state index contributed by atoms with van der Waals surface area (Å²) in [6.45, 7) is 3.76. The maximum atomic E-state index is 4.19. The molecule has 1 heterocycles. The molecule has 0 fully saturated rings. The minimum absolute atomic E-state index is 0.784. The van der Waals surface area contributed by atoms with Gasteiger partial charge in [-0.1, -0.05) is 0 Å². The largest absolute Gasteiger partial charge is 0.295 e. The summed E-state index contributed by atoms with van der Waals surface area (Å²) in [5.41, 5.74) is 1.22. The quantitative estimate of drug-likeness (QED) is 0.443. The number of nitrogens with zero attached hydrogens (tertiary/aromatic N) is 2. The van der Waals surface area contributed by atoms with Crippen LogP contribution in [0.25, 0.3) is 0 Å². The lowest BCUT2D eigenvalue weighted by Gasteiger charge is -1.88. The molecule has 0 unspecified atom stereocenters. The monoisotopic (exact) mass is 110 g/mol. The third-order valence-corrected chi connectivity index (χ3v) is 1.17. The van der Waals surface area contributed by atoms with Gasteiger partial charge < -0.3 is 0 Å². The van der Waals surface area contributed by atoms with Crippen LogP contribution >= 0.6 is 0 Å². The zero-order chi connectivity index (χ0) is 5.82. The molecule has 0 atom stereocenters. The van der Waals surface area contributed by atoms with Gasteiger partial charge in [0, 0.05) is 24.9 Å². The van der Waals surface area contributed by atoms with E-state index in [0.29, 0.717) is 0 Å². The van der Waals surface area contributed by atoms with Gasteiger partial charge in [0.1, 0.15) is 0 Å². The summed E-state index contributed by atoms with van der Waals surface area (Å²) in [6.07, 6.45) is 2.91. The van der Waals surface area contributed by atoms with Gasteiger partial charge in [-0.05, 0) is 6.92 Å². The Bertz CT molecular complexity index is 124. The topological polar surface area (TPSA) is 24.7 Å². The van der Waals surface area contributed by atoms with Crippen LogP contribution in [0.3, 0.4) is 0 Å². The second-order valence-corrected chi connectivity index (χ2v) is 1.91. The zero-order valence-corrected chi connectivity index (χ0v) is 5.09. The van der Waals surface area contributed by atoms with Gasteiger partial charge in [-0.3, -0.25) is 9.98 Å². The molecule has 1 rings (SSSR count). The molecule has 0 saturated carbocycles. The van der Waals surface area contributed by atoms with Crippen LogP contribution < -0.4 is 0 Å². The molecule has 0 aromatic heterocycles. The highest BCUT2D eigenvalue weighted by molar-refractivity contribution is 5.84. The first-order chi connectivity index (χ1) is 3.89. The van der Waals surface area contributed by atoms with Gasteiger partial charge in [0.15, 0.2) is 0 Å². The molecule has 44 valence electrons. The first-order valence-electron chi connectivity index (χ1n) is 2.88. The predicted molar refractivity (Wildman–Crippen MR) is 36.0 cm³/mol. The molecular weight excluding hydrogens is 100 g/mol. The van der Waals surface area contributed by atoms with Crippen molar-refractivity contribution < 1.29 is 0 Å². The summed E-state index contributed by atoms with van der Waals surface area (Å²) < 4.78 is 0. The molecule has 1 aliphatic heterocycles. The Morgan fingerprint density at radius 1 is 1.62 bits per heavy atom. The van der Waals surface area contributed by atoms with E-state index in [9.17, 15) is 0 Å². The van der Waals surface area contributed by atoms with Crippen LogP contribution in [0.15, 0.2) is 9.98 Å². The molecule has 0 spiro atoms. The van der Waals surface area contributed by atoms with Crippen molar-refractivity contribution in [2.24, 2.45) is 9.98 Å². The van der Waals surface area contributed by atoms with Crippen molar-refractivity contribution in [3.63, 3.8) is 0 Å². The van der Waals surface area contributed by atoms with Crippen molar-refractivity contribution in [1.29, 1.82) is 0 Å². The Kier molecular flexibility index (Phi) is 1.78. The number of hydrogen-bond acceptors (Lipinski definition) is 2. The number of hydrogen-bond donors (Lipinski definition) is 0. The molecule has 2 nitrogen and oxygen atoms in total. The summed E-state index contributed by atoms with van der Waals surface area (Å²) in [7, 11) is 0. The molecule has 0 radical (unpaired) electrons. The molecule has 0 amide bonds. The molecule has 0 N–H and O–H groups in total. The summed E-state index contributed by atoms with van der Waals surface area (Å²) in [4.78, 5) is 8.27. The standard InChI is InChI=1S/C6H10N2/c1-6-2-3-7-4-5-8-6/h4H,2-3,5H2,1H3. The Balaban J connectivity index is 2.48. The zero-order valence-electron chi connectivity index (χ0n) is 5.09. The fourth-order valence-electron chi connectivity index (χ4n) is 0.651. The lowest BCUT2D eigenvalue weighted by atomic mass is 10.3. The Hall–Kier alpha value is -0.660. The van der Waals surface area contributed by atoms with Gasteiger partial charge >= 0.3 is 0 Å². The molecule has 0 aromatic carbocycles. The highest BCUT2D eigenvalue weighted by atomic mass is 14.8. The maximum absolute atomic E-state index is 4.19. The van der Waals surface area contributed by atoms with E-state index >= 15 is 0 Å². The smallest absolute Gasteiger partial charge is 0.0737 e. The van der Waals surface area contributed by atoms with Gasteiger partial charge in [0.2, 0.25) is 0 Å². The lowest BCUT2D eigenvalue weighted by Crippen LogP contribution is -1.91. The average Bonchev–Trinajstić information content (AvgIpc) is 1.94. The second kappa shape index (κ2) is 2.60. The van der Waals surface area contributed by atoms with Crippen LogP contribution in [-0.2, 0) is 0 Å². The Morgan fingerprint density at radius 3 is 3.38 bits per heavy atom. The van der Waals surface area contributed by atoms with E-state index in [1.54, 1.807) is 0 Å². The van der Waals surface area contributed by atoms with Crippen LogP contribution in [0.5, 0.6) is 0 Å². The van der Waals surface area contributed by atoms with Gasteiger partial charge in [0.05, 0.1) is 6.54 Å². The Morgan fingerprint density at radius 2 is 2.50 bits per heavy atom. The van der Waals surface area contributed by atoms with Crippen LogP contribution in [0.1, 0.15) is 13.3 Å². The van der Waals surface area contributed by atoms with Gasteiger partial charge in [-0.15, -0.1) is 0 Å². The minimum atomic E-state index is 0.784. The van der Waals surface area contributed by atoms with Crippen molar-refractivity contribution >= 4 is 11.9 Å². The molecular formula is C6H10N2. The van der Waals surface area contributed by atoms with Crippen LogP contribution in [-0.4, -0.2) is 25.0 Å². The van der Waals surface area contributed by atoms with E-state index in [1.807, 2.05) is 6.21 Å². The van der Waals surface area contributed by atoms with Crippen molar-refractivity contribution in [3.05, 3.63) is 0 Å². The third kappa shape index (κ3) is 1.45. The van der Waals surface area contributed by atoms with Gasteiger partial charge in [-0.25, -0.2) is 0 Å². The lowest BCUT2D eigenvalue weighted by molar-refractivity contribution is 1.05. The predicted octanol–water partition coefficient (Wildman–Crippen LogP) is 0.922. The fourth-order valence-corrected chi connectivity index (χ4v) is 0.651. The highest BCUT2D eigenvalue weighted by Crippen LogP contribution is 1.90. The van der Waals surface area contributed by atoms with Crippen LogP contribution in [0.4, 0.5) is 0 Å². The SMILES string of the molecule is CC1=NCC=NCC1. The van der Waals surface area contributed by atoms with E-state index in [1.165, 1.54) is 5.71 Å². The van der Waals surface area contributed by atoms with Crippen molar-refractivity contribution in [1.82, 2.24) is 0 Å². The minimum Gasteiger partial charge on any atom is -0.295 e. The fraction of sp³-hybridized carbons (Fsp3) is 0.667. The molecule has 0 aromatic rings. The van der Waals surface area contributed by atoms with E-state index < -0.39 is 0 Å². The summed E-state index contributed by atoms with van der Waals surface area (Å²) in [5, 5.41) is 0. The van der Waals surface area contributed by atoms with Crippen molar-refractivity contribution in [3.8, 4) is 0 Å². The first kappa shape index (κ1) is 5.48. The van der Waals surface area contributed by atoms with E-state index in [2.05, 4.69) is 16.9 Å². The van der Waals surface area contributed by atoms with Gasteiger partial charge in [0.25, 0.3) is 0 Å². The number of aliphatic imine (C=N–C) groups is 2. The summed E-state index contributed by atoms with van der Waals surface area (Å²) in [5.74, 6) is 0. The molecule has 2 heteroatoms. The van der Waals surface area contributed by atoms with Crippen molar-refractivity contribution in [2.45, 2.75) is 13.3 Å². The van der Waals surface area contributed by atoms with Crippen LogP contribution in [0, 0.1) is 0 Å². The highest BCUT2D eigenvalue weighted by Gasteiger charge is 1.91. The molecule has 0 bridgehead atoms. The van der Waals surface area contributed by atoms with E-state index in [-0.39, 0.29) is 0 Å². The van der Waals surface area contributed by atoms with E-state index in [4.69, 9.17) is 0 Å². The first-order valence-corrected chi connectivity index (χ1v) is 2.88. The van der Waals surface area contributed by atoms with E-state index in [0.717, 1.165) is 19.5 Å². The average molecular weight is 110 g/mol. The molecule has 1 aliphatic rings. The third-order valence-electron chi connectivity index (χ3n) is 1.17. The second-order valence-electron chi connectivity index (χ2n) is 1.91. The number of rotatable bonds is 0. The van der Waals surface area contributed by atoms with Crippen molar-refractivity contribution in [2.75, 3.05) is 13.1 Å². The molecule has 0 saturated heterocycles. The molecule has 0 aliphatic carbocycles. The summed E-state index contributed by atoms with van der Waals surface area (Å²) >= 11 is 0. The van der Waals surface area contributed by atoms with Crippen LogP contribution in [0.2, 0.25) is 0 Å². The molecule has 8 heavy (non-hydrogen) atoms. The van der Waals surface area contributed by atoms with Gasteiger partial charge in [-0.2, -0.15) is 0 Å². The normalized spacial score (nSPS) is 19.9. The Labute approximate surface area is 49.3 Å².